The van der Waals surface area contributed by atoms with Crippen molar-refractivity contribution >= 4 is 23.5 Å². The summed E-state index contributed by atoms with van der Waals surface area (Å²) in [6.45, 7) is 0.263. The second-order valence-corrected chi connectivity index (χ2v) is 4.11. The lowest BCUT2D eigenvalue weighted by Crippen LogP contribution is -2.23. The first kappa shape index (κ1) is 14.3. The second kappa shape index (κ2) is 6.86. The molecule has 0 aromatic heterocycles. The molecule has 2 N–H and O–H groups in total. The summed E-state index contributed by atoms with van der Waals surface area (Å²) in [4.78, 5) is 21.2. The molecular formula is C12H13ClO5. The van der Waals surface area contributed by atoms with Crippen molar-refractivity contribution in [3.05, 3.63) is 29.3 Å². The Bertz CT molecular complexity index is 401. The fourth-order valence-corrected chi connectivity index (χ4v) is 1.49. The molecule has 0 unspecified atom stereocenters. The average Bonchev–Trinajstić information content (AvgIpc) is 2.30. The molecule has 0 aliphatic heterocycles. The molecule has 6 heteroatoms. The summed E-state index contributed by atoms with van der Waals surface area (Å²) >= 11 is 5.70. The van der Waals surface area contributed by atoms with Gasteiger partial charge in [-0.05, 0) is 37.1 Å². The van der Waals surface area contributed by atoms with E-state index in [4.69, 9.17) is 26.6 Å². The molecule has 0 radical (unpaired) electrons. The lowest BCUT2D eigenvalue weighted by molar-refractivity contribution is -0.154. The van der Waals surface area contributed by atoms with Crippen LogP contribution in [-0.4, -0.2) is 28.8 Å². The number of hydrogen-bond donors (Lipinski definition) is 2. The van der Waals surface area contributed by atoms with Crippen molar-refractivity contribution in [3.63, 3.8) is 0 Å². The van der Waals surface area contributed by atoms with Crippen LogP contribution in [0, 0.1) is 5.92 Å². The van der Waals surface area contributed by atoms with Crippen LogP contribution >= 0.6 is 11.6 Å². The maximum atomic E-state index is 10.6. The van der Waals surface area contributed by atoms with Gasteiger partial charge in [0.05, 0.1) is 6.61 Å². The van der Waals surface area contributed by atoms with Crippen LogP contribution in [0.3, 0.4) is 0 Å². The summed E-state index contributed by atoms with van der Waals surface area (Å²) in [6, 6.07) is 6.73. The van der Waals surface area contributed by atoms with E-state index in [1.54, 1.807) is 24.3 Å². The third kappa shape index (κ3) is 4.63. The van der Waals surface area contributed by atoms with Crippen LogP contribution in [0.2, 0.25) is 5.02 Å². The van der Waals surface area contributed by atoms with Gasteiger partial charge in [0, 0.05) is 5.02 Å². The van der Waals surface area contributed by atoms with Crippen molar-refractivity contribution in [3.8, 4) is 5.75 Å². The Balaban J connectivity index is 2.32. The number of halogens is 1. The first-order chi connectivity index (χ1) is 8.50. The maximum Gasteiger partial charge on any atom is 0.317 e. The summed E-state index contributed by atoms with van der Waals surface area (Å²) in [5, 5.41) is 17.9. The molecule has 5 nitrogen and oxygen atoms in total. The highest BCUT2D eigenvalue weighted by Gasteiger charge is 2.24. The Morgan fingerprint density at radius 2 is 1.72 bits per heavy atom. The first-order valence-corrected chi connectivity index (χ1v) is 5.72. The van der Waals surface area contributed by atoms with Crippen molar-refractivity contribution in [2.45, 2.75) is 12.8 Å². The van der Waals surface area contributed by atoms with E-state index >= 15 is 0 Å². The van der Waals surface area contributed by atoms with Crippen LogP contribution < -0.4 is 4.74 Å². The minimum Gasteiger partial charge on any atom is -0.494 e. The molecule has 0 saturated carbocycles. The lowest BCUT2D eigenvalue weighted by Gasteiger charge is -2.08. The van der Waals surface area contributed by atoms with Crippen LogP contribution in [0.1, 0.15) is 12.8 Å². The normalized spacial score (nSPS) is 10.3. The van der Waals surface area contributed by atoms with E-state index in [1.807, 2.05) is 0 Å². The van der Waals surface area contributed by atoms with Gasteiger partial charge in [0.2, 0.25) is 0 Å². The van der Waals surface area contributed by atoms with E-state index in [-0.39, 0.29) is 13.0 Å². The Morgan fingerprint density at radius 1 is 1.17 bits per heavy atom. The SMILES string of the molecule is O=C(O)C(CCCOc1ccc(Cl)cc1)C(=O)O. The Labute approximate surface area is 109 Å². The minimum atomic E-state index is -1.38. The number of aliphatic carboxylic acids is 2. The molecular weight excluding hydrogens is 260 g/mol. The molecule has 1 rings (SSSR count). The van der Waals surface area contributed by atoms with Crippen LogP contribution in [0.15, 0.2) is 24.3 Å². The van der Waals surface area contributed by atoms with Crippen LogP contribution in [0.4, 0.5) is 0 Å². The standard InChI is InChI=1S/C12H13ClO5/c13-8-3-5-9(6-4-8)18-7-1-2-10(11(14)15)12(16)17/h3-6,10H,1-2,7H2,(H,14,15)(H,16,17). The molecule has 18 heavy (non-hydrogen) atoms. The summed E-state index contributed by atoms with van der Waals surface area (Å²) in [5.74, 6) is -3.41. The summed E-state index contributed by atoms with van der Waals surface area (Å²) in [5.41, 5.74) is 0. The van der Waals surface area contributed by atoms with Crippen LogP contribution in [0.25, 0.3) is 0 Å². The molecule has 0 bridgehead atoms. The molecule has 0 saturated heterocycles. The van der Waals surface area contributed by atoms with E-state index in [0.717, 1.165) is 0 Å². The van der Waals surface area contributed by atoms with Crippen molar-refractivity contribution in [1.29, 1.82) is 0 Å². The van der Waals surface area contributed by atoms with Crippen molar-refractivity contribution in [2.75, 3.05) is 6.61 Å². The molecule has 0 atom stereocenters. The van der Waals surface area contributed by atoms with E-state index in [0.29, 0.717) is 17.2 Å². The maximum absolute atomic E-state index is 10.6. The van der Waals surface area contributed by atoms with Gasteiger partial charge < -0.3 is 14.9 Å². The Kier molecular flexibility index (Phi) is 5.45. The molecule has 0 amide bonds. The third-order valence-electron chi connectivity index (χ3n) is 2.32. The monoisotopic (exact) mass is 272 g/mol. The zero-order valence-electron chi connectivity index (χ0n) is 9.51. The molecule has 98 valence electrons. The van der Waals surface area contributed by atoms with E-state index in [2.05, 4.69) is 0 Å². The second-order valence-electron chi connectivity index (χ2n) is 3.67. The number of carboxylic acids is 2. The van der Waals surface area contributed by atoms with E-state index in [9.17, 15) is 9.59 Å². The number of hydrogen-bond acceptors (Lipinski definition) is 3. The summed E-state index contributed by atoms with van der Waals surface area (Å²) in [6.07, 6.45) is 0.393. The van der Waals surface area contributed by atoms with Gasteiger partial charge in [0.25, 0.3) is 0 Å². The van der Waals surface area contributed by atoms with E-state index in [1.165, 1.54) is 0 Å². The zero-order valence-corrected chi connectivity index (χ0v) is 10.3. The lowest BCUT2D eigenvalue weighted by atomic mass is 10.0. The zero-order chi connectivity index (χ0) is 13.5. The smallest absolute Gasteiger partial charge is 0.317 e. The molecule has 0 spiro atoms. The number of carbonyl (C=O) groups is 2. The Hall–Kier alpha value is -1.75. The predicted molar refractivity (Wildman–Crippen MR) is 64.9 cm³/mol. The van der Waals surface area contributed by atoms with Gasteiger partial charge in [-0.15, -0.1) is 0 Å². The third-order valence-corrected chi connectivity index (χ3v) is 2.57. The van der Waals surface area contributed by atoms with Crippen LogP contribution in [0.5, 0.6) is 5.75 Å². The molecule has 0 aliphatic carbocycles. The van der Waals surface area contributed by atoms with Gasteiger partial charge in [-0.3, -0.25) is 9.59 Å². The predicted octanol–water partition coefficient (Wildman–Crippen LogP) is 2.28. The van der Waals surface area contributed by atoms with Gasteiger partial charge in [-0.1, -0.05) is 11.6 Å². The van der Waals surface area contributed by atoms with Crippen LogP contribution in [-0.2, 0) is 9.59 Å². The molecule has 0 aliphatic rings. The largest absolute Gasteiger partial charge is 0.494 e. The summed E-state index contributed by atoms with van der Waals surface area (Å²) < 4.78 is 5.33. The number of carboxylic acid groups (broad SMARTS) is 2. The van der Waals surface area contributed by atoms with Gasteiger partial charge >= 0.3 is 11.9 Å². The average molecular weight is 273 g/mol. The highest BCUT2D eigenvalue weighted by molar-refractivity contribution is 6.30. The number of ether oxygens (including phenoxy) is 1. The fourth-order valence-electron chi connectivity index (χ4n) is 1.36. The topological polar surface area (TPSA) is 83.8 Å². The highest BCUT2D eigenvalue weighted by atomic mass is 35.5. The van der Waals surface area contributed by atoms with Crippen molar-refractivity contribution < 1.29 is 24.5 Å². The first-order valence-electron chi connectivity index (χ1n) is 5.34. The van der Waals surface area contributed by atoms with Gasteiger partial charge in [0.15, 0.2) is 5.92 Å². The van der Waals surface area contributed by atoms with E-state index < -0.39 is 17.9 Å². The van der Waals surface area contributed by atoms with Gasteiger partial charge in [-0.2, -0.15) is 0 Å². The molecule has 1 aromatic rings. The number of benzene rings is 1. The molecule has 1 aromatic carbocycles. The van der Waals surface area contributed by atoms with Gasteiger partial charge in [0.1, 0.15) is 5.75 Å². The Morgan fingerprint density at radius 3 is 2.22 bits per heavy atom. The highest BCUT2D eigenvalue weighted by Crippen LogP contribution is 2.16. The fraction of sp³-hybridized carbons (Fsp3) is 0.333. The minimum absolute atomic E-state index is 0.0399. The molecule has 0 heterocycles. The van der Waals surface area contributed by atoms with Crippen molar-refractivity contribution in [1.82, 2.24) is 0 Å². The molecule has 0 fully saturated rings. The quantitative estimate of drug-likeness (QED) is 0.588. The van der Waals surface area contributed by atoms with Crippen molar-refractivity contribution in [2.24, 2.45) is 5.92 Å². The summed E-state index contributed by atoms with van der Waals surface area (Å²) in [7, 11) is 0. The number of rotatable bonds is 7. The van der Waals surface area contributed by atoms with Gasteiger partial charge in [-0.25, -0.2) is 0 Å².